The Labute approximate surface area is 148 Å². The number of ether oxygens (including phenoxy) is 1. The molecule has 0 aliphatic rings. The number of aryl methyl sites for hydroxylation is 1. The molecule has 0 fully saturated rings. The third-order valence-electron chi connectivity index (χ3n) is 3.21. The molecule has 0 bridgehead atoms. The van der Waals surface area contributed by atoms with E-state index < -0.39 is 5.82 Å². The van der Waals surface area contributed by atoms with Crippen LogP contribution in [-0.2, 0) is 13.7 Å². The van der Waals surface area contributed by atoms with E-state index in [9.17, 15) is 4.39 Å². The van der Waals surface area contributed by atoms with E-state index in [4.69, 9.17) is 16.3 Å². The van der Waals surface area contributed by atoms with Crippen LogP contribution in [0, 0.1) is 5.82 Å². The molecule has 0 atom stereocenters. The normalized spacial score (nSPS) is 11.0. The van der Waals surface area contributed by atoms with Crippen LogP contribution in [0.15, 0.2) is 47.8 Å². The molecule has 0 spiro atoms. The lowest BCUT2D eigenvalue weighted by Crippen LogP contribution is -2.05. The molecule has 25 heavy (non-hydrogen) atoms. The van der Waals surface area contributed by atoms with Gasteiger partial charge in [0.2, 0.25) is 5.88 Å². The van der Waals surface area contributed by atoms with Crippen LogP contribution in [0.5, 0.6) is 5.88 Å². The monoisotopic (exact) mass is 360 g/mol. The van der Waals surface area contributed by atoms with E-state index >= 15 is 0 Å². The van der Waals surface area contributed by atoms with Crippen molar-refractivity contribution < 1.29 is 9.13 Å². The van der Waals surface area contributed by atoms with Gasteiger partial charge in [-0.1, -0.05) is 23.7 Å². The van der Waals surface area contributed by atoms with Gasteiger partial charge in [0.05, 0.1) is 11.2 Å². The smallest absolute Gasteiger partial charge is 0.215 e. The largest absolute Gasteiger partial charge is 0.469 e. The van der Waals surface area contributed by atoms with Gasteiger partial charge in [-0.25, -0.2) is 9.37 Å². The predicted octanol–water partition coefficient (Wildman–Crippen LogP) is 3.03. The minimum Gasteiger partial charge on any atom is -0.469 e. The average Bonchev–Trinajstić information content (AvgIpc) is 3.02. The molecule has 0 saturated heterocycles. The number of aromatic nitrogens is 4. The maximum Gasteiger partial charge on any atom is 0.215 e. The molecule has 128 valence electrons. The average molecular weight is 361 g/mol. The van der Waals surface area contributed by atoms with Crippen LogP contribution < -0.4 is 10.2 Å². The van der Waals surface area contributed by atoms with E-state index in [1.807, 2.05) is 0 Å². The maximum absolute atomic E-state index is 13.1. The molecule has 2 heterocycles. The Morgan fingerprint density at radius 1 is 1.36 bits per heavy atom. The van der Waals surface area contributed by atoms with E-state index in [1.54, 1.807) is 36.0 Å². The second-order valence-corrected chi connectivity index (χ2v) is 5.40. The van der Waals surface area contributed by atoms with Gasteiger partial charge in [-0.3, -0.25) is 10.1 Å². The molecule has 1 N–H and O–H groups in total. The van der Waals surface area contributed by atoms with E-state index in [1.165, 1.54) is 24.7 Å². The van der Waals surface area contributed by atoms with Crippen LogP contribution in [-0.4, -0.2) is 26.0 Å². The summed E-state index contributed by atoms with van der Waals surface area (Å²) in [7, 11) is 1.79. The van der Waals surface area contributed by atoms with Crippen molar-refractivity contribution >= 4 is 23.6 Å². The topological polar surface area (TPSA) is 77.2 Å². The highest BCUT2D eigenvalue weighted by Crippen LogP contribution is 2.15. The fraction of sp³-hybridized carbons (Fsp3) is 0.125. The van der Waals surface area contributed by atoms with Crippen LogP contribution in [0.3, 0.4) is 0 Å². The zero-order chi connectivity index (χ0) is 17.6. The minimum absolute atomic E-state index is 0.0428. The Balaban J connectivity index is 1.60. The number of halogens is 2. The summed E-state index contributed by atoms with van der Waals surface area (Å²) in [6.07, 6.45) is 2.97. The molecule has 0 saturated carbocycles. The zero-order valence-corrected chi connectivity index (χ0v) is 14.0. The lowest BCUT2D eigenvalue weighted by molar-refractivity contribution is 0.279. The zero-order valence-electron chi connectivity index (χ0n) is 13.2. The fourth-order valence-electron chi connectivity index (χ4n) is 1.91. The highest BCUT2D eigenvalue weighted by Gasteiger charge is 2.03. The quantitative estimate of drug-likeness (QED) is 0.540. The first-order valence-corrected chi connectivity index (χ1v) is 7.66. The van der Waals surface area contributed by atoms with Crippen LogP contribution in [0.4, 0.5) is 10.2 Å². The molecule has 0 amide bonds. The van der Waals surface area contributed by atoms with Crippen LogP contribution >= 0.6 is 11.6 Å². The van der Waals surface area contributed by atoms with Crippen LogP contribution in [0.2, 0.25) is 5.02 Å². The second kappa shape index (κ2) is 7.71. The molecule has 9 heteroatoms. The van der Waals surface area contributed by atoms with Gasteiger partial charge in [-0.15, -0.1) is 0 Å². The molecule has 0 unspecified atom stereocenters. The van der Waals surface area contributed by atoms with Crippen molar-refractivity contribution in [1.82, 2.24) is 19.7 Å². The molecular weight excluding hydrogens is 347 g/mol. The number of hydrogen-bond donors (Lipinski definition) is 1. The summed E-state index contributed by atoms with van der Waals surface area (Å²) in [5, 5.41) is 8.06. The Hall–Kier alpha value is -3.00. The van der Waals surface area contributed by atoms with Gasteiger partial charge in [0.15, 0.2) is 5.82 Å². The first kappa shape index (κ1) is 16.8. The molecule has 1 aromatic carbocycles. The molecule has 0 aliphatic heterocycles. The van der Waals surface area contributed by atoms with Crippen molar-refractivity contribution in [3.8, 4) is 5.88 Å². The van der Waals surface area contributed by atoms with Crippen molar-refractivity contribution in [2.75, 3.05) is 5.43 Å². The number of rotatable bonds is 6. The van der Waals surface area contributed by atoms with Crippen molar-refractivity contribution in [1.29, 1.82) is 0 Å². The Morgan fingerprint density at radius 3 is 3.00 bits per heavy atom. The van der Waals surface area contributed by atoms with E-state index in [-0.39, 0.29) is 11.6 Å². The standard InChI is InChI=1S/C16H14ClFN6O/c1-24-15(19-10-21-24)9-25-16-4-2-3-14(22-16)23-20-8-11-5-6-13(18)12(17)7-11/h2-8,10H,9H2,1H3,(H,22,23)/b20-8+. The number of nitrogens with one attached hydrogen (secondary N) is 1. The highest BCUT2D eigenvalue weighted by atomic mass is 35.5. The summed E-state index contributed by atoms with van der Waals surface area (Å²) in [5.41, 5.74) is 3.44. The summed E-state index contributed by atoms with van der Waals surface area (Å²) >= 11 is 5.72. The van der Waals surface area contributed by atoms with Gasteiger partial charge in [-0.05, 0) is 23.8 Å². The molecular formula is C16H14ClFN6O. The summed E-state index contributed by atoms with van der Waals surface area (Å²) in [6, 6.07) is 9.58. The third-order valence-corrected chi connectivity index (χ3v) is 3.50. The lowest BCUT2D eigenvalue weighted by atomic mass is 10.2. The summed E-state index contributed by atoms with van der Waals surface area (Å²) in [6.45, 7) is 0.254. The minimum atomic E-state index is -0.471. The van der Waals surface area contributed by atoms with Crippen LogP contribution in [0.25, 0.3) is 0 Å². The van der Waals surface area contributed by atoms with Gasteiger partial charge >= 0.3 is 0 Å². The fourth-order valence-corrected chi connectivity index (χ4v) is 2.10. The second-order valence-electron chi connectivity index (χ2n) is 4.99. The molecule has 7 nitrogen and oxygen atoms in total. The molecule has 0 radical (unpaired) electrons. The summed E-state index contributed by atoms with van der Waals surface area (Å²) < 4.78 is 20.3. The van der Waals surface area contributed by atoms with Gasteiger partial charge in [-0.2, -0.15) is 15.2 Å². The number of anilines is 1. The number of nitrogens with zero attached hydrogens (tertiary/aromatic N) is 5. The van der Waals surface area contributed by atoms with Gasteiger partial charge in [0.1, 0.15) is 24.6 Å². The predicted molar refractivity (Wildman–Crippen MR) is 92.2 cm³/mol. The first-order valence-electron chi connectivity index (χ1n) is 7.28. The van der Waals surface area contributed by atoms with E-state index in [0.29, 0.717) is 23.1 Å². The van der Waals surface area contributed by atoms with Crippen molar-refractivity contribution in [2.45, 2.75) is 6.61 Å². The number of benzene rings is 1. The van der Waals surface area contributed by atoms with Crippen molar-refractivity contribution in [2.24, 2.45) is 12.1 Å². The van der Waals surface area contributed by atoms with Crippen LogP contribution in [0.1, 0.15) is 11.4 Å². The Kier molecular flexibility index (Phi) is 5.20. The number of hydrogen-bond acceptors (Lipinski definition) is 6. The van der Waals surface area contributed by atoms with Gasteiger partial charge in [0, 0.05) is 13.1 Å². The van der Waals surface area contributed by atoms with E-state index in [2.05, 4.69) is 25.6 Å². The summed E-state index contributed by atoms with van der Waals surface area (Å²) in [5.74, 6) is 1.14. The third kappa shape index (κ3) is 4.51. The Bertz CT molecular complexity index is 898. The molecule has 3 aromatic rings. The maximum atomic E-state index is 13.1. The van der Waals surface area contributed by atoms with Gasteiger partial charge < -0.3 is 4.74 Å². The lowest BCUT2D eigenvalue weighted by Gasteiger charge is -2.06. The SMILES string of the molecule is Cn1ncnc1COc1cccc(N/N=C/c2ccc(F)c(Cl)c2)n1. The number of pyridine rings is 1. The Morgan fingerprint density at radius 2 is 2.24 bits per heavy atom. The highest BCUT2D eigenvalue weighted by molar-refractivity contribution is 6.31. The molecule has 3 rings (SSSR count). The first-order chi connectivity index (χ1) is 12.1. The van der Waals surface area contributed by atoms with Crippen molar-refractivity contribution in [3.63, 3.8) is 0 Å². The molecule has 2 aromatic heterocycles. The number of hydrazone groups is 1. The van der Waals surface area contributed by atoms with Gasteiger partial charge in [0.25, 0.3) is 0 Å². The van der Waals surface area contributed by atoms with Crippen molar-refractivity contribution in [3.05, 3.63) is 65.0 Å². The van der Waals surface area contributed by atoms with E-state index in [0.717, 1.165) is 0 Å². The summed E-state index contributed by atoms with van der Waals surface area (Å²) in [4.78, 5) is 8.35. The molecule has 0 aliphatic carbocycles.